The number of carbonyl (C=O) groups excluding carboxylic acids is 4. The second-order valence-electron chi connectivity index (χ2n) is 15.5. The predicted molar refractivity (Wildman–Crippen MR) is 190 cm³/mol. The summed E-state index contributed by atoms with van der Waals surface area (Å²) in [5.74, 6) is 0. The Morgan fingerprint density at radius 2 is 0.646 bits per heavy atom. The van der Waals surface area contributed by atoms with Gasteiger partial charge in [-0.3, -0.25) is 0 Å². The Hall–Kier alpha value is -3.70. The molecule has 276 valence electrons. The summed E-state index contributed by atoms with van der Waals surface area (Å²) < 4.78 is 22.3. The van der Waals surface area contributed by atoms with E-state index >= 15 is 0 Å². The molecule has 0 N–H and O–H groups in total. The normalized spacial score (nSPS) is 12.2. The Balaban J connectivity index is 5.68. The van der Waals surface area contributed by atoms with Crippen molar-refractivity contribution in [3.63, 3.8) is 0 Å². The highest BCUT2D eigenvalue weighted by Crippen LogP contribution is 2.15. The number of rotatable bonds is 16. The summed E-state index contributed by atoms with van der Waals surface area (Å²) in [6, 6.07) is 0. The lowest BCUT2D eigenvalue weighted by Gasteiger charge is -2.29. The second-order valence-corrected chi connectivity index (χ2v) is 15.5. The average Bonchev–Trinajstić information content (AvgIpc) is 2.88. The molecule has 0 atom stereocenters. The molecule has 0 aliphatic rings. The van der Waals surface area contributed by atoms with Crippen LogP contribution in [0.1, 0.15) is 95.9 Å². The van der Waals surface area contributed by atoms with Crippen molar-refractivity contribution < 1.29 is 38.1 Å². The van der Waals surface area contributed by atoms with Crippen LogP contribution in [0.15, 0.2) is 37.5 Å². The van der Waals surface area contributed by atoms with Crippen LogP contribution < -0.4 is 0 Å². The Morgan fingerprint density at radius 3 is 0.833 bits per heavy atom. The van der Waals surface area contributed by atoms with Crippen LogP contribution in [-0.2, 0) is 18.9 Å². The predicted octanol–water partition coefficient (Wildman–Crippen LogP) is 7.64. The van der Waals surface area contributed by atoms with E-state index in [1.54, 1.807) is 127 Å². The molecule has 12 nitrogen and oxygen atoms in total. The molecule has 0 radical (unpaired) electrons. The molecule has 0 aromatic rings. The van der Waals surface area contributed by atoms with Gasteiger partial charge in [-0.25, -0.2) is 19.2 Å². The first-order valence-corrected chi connectivity index (χ1v) is 16.7. The van der Waals surface area contributed by atoms with Gasteiger partial charge in [0.1, 0.15) is 22.4 Å². The summed E-state index contributed by atoms with van der Waals surface area (Å²) in [6.45, 7) is 31.5. The maximum absolute atomic E-state index is 13.1. The fourth-order valence-corrected chi connectivity index (χ4v) is 3.95. The van der Waals surface area contributed by atoms with Gasteiger partial charge in [0.15, 0.2) is 0 Å². The molecule has 0 bridgehead atoms. The molecule has 0 heterocycles. The van der Waals surface area contributed by atoms with Crippen LogP contribution in [0, 0.1) is 0 Å². The fraction of sp³-hybridized carbons (Fsp3) is 0.722. The van der Waals surface area contributed by atoms with Gasteiger partial charge in [0, 0.05) is 52.4 Å². The van der Waals surface area contributed by atoms with Crippen LogP contribution in [0.5, 0.6) is 0 Å². The Morgan fingerprint density at radius 1 is 0.438 bits per heavy atom. The molecule has 0 saturated heterocycles. The van der Waals surface area contributed by atoms with E-state index in [-0.39, 0.29) is 13.1 Å². The van der Waals surface area contributed by atoms with E-state index in [0.29, 0.717) is 52.1 Å². The number of hydrogen-bond donors (Lipinski definition) is 0. The van der Waals surface area contributed by atoms with Crippen LogP contribution in [-0.4, -0.2) is 119 Å². The van der Waals surface area contributed by atoms with Gasteiger partial charge in [0.2, 0.25) is 0 Å². The van der Waals surface area contributed by atoms with E-state index in [1.165, 1.54) is 0 Å². The minimum atomic E-state index is -0.698. The van der Waals surface area contributed by atoms with Gasteiger partial charge in [-0.2, -0.15) is 0 Å². The van der Waals surface area contributed by atoms with Crippen LogP contribution in [0.4, 0.5) is 19.2 Å². The van der Waals surface area contributed by atoms with Crippen molar-refractivity contribution in [1.82, 2.24) is 19.6 Å². The summed E-state index contributed by atoms with van der Waals surface area (Å²) in [6.07, 6.45) is 5.90. The number of amides is 4. The number of hydrogen-bond acceptors (Lipinski definition) is 8. The molecule has 0 saturated carbocycles. The number of ether oxygens (including phenoxy) is 4. The van der Waals surface area contributed by atoms with Crippen molar-refractivity contribution in [3.05, 3.63) is 37.5 Å². The zero-order valence-corrected chi connectivity index (χ0v) is 31.8. The number of nitrogens with zero attached hydrogens (tertiary/aromatic N) is 4. The van der Waals surface area contributed by atoms with E-state index in [4.69, 9.17) is 18.9 Å². The van der Waals surface area contributed by atoms with Crippen molar-refractivity contribution in [1.29, 1.82) is 0 Å². The highest BCUT2D eigenvalue weighted by atomic mass is 16.6. The van der Waals surface area contributed by atoms with Gasteiger partial charge < -0.3 is 38.5 Å². The zero-order chi connectivity index (χ0) is 37.3. The van der Waals surface area contributed by atoms with Crippen molar-refractivity contribution in [2.75, 3.05) is 52.4 Å². The molecule has 0 aliphatic carbocycles. The first-order chi connectivity index (χ1) is 21.9. The van der Waals surface area contributed by atoms with Gasteiger partial charge >= 0.3 is 24.4 Å². The standard InChI is InChI=1S/C36H64N4O8/c1-15-21-37(29(41)45-33(3,4)5)25-19-27-39(31(43)47-35(9,10)11)23-17-18-24-40(32(44)48-36(12,13)14)28-20-26-38(22-16-2)30(42)46-34(6,7)8/h15-18H,1-2,19-28H2,3-14H3/b18-17+. The van der Waals surface area contributed by atoms with Crippen molar-refractivity contribution in [2.45, 2.75) is 118 Å². The maximum Gasteiger partial charge on any atom is 0.410 e. The summed E-state index contributed by atoms with van der Waals surface area (Å²) >= 11 is 0. The van der Waals surface area contributed by atoms with E-state index in [9.17, 15) is 19.2 Å². The molecule has 0 spiro atoms. The molecule has 4 amide bonds. The third-order valence-electron chi connectivity index (χ3n) is 5.84. The summed E-state index contributed by atoms with van der Waals surface area (Å²) in [5.41, 5.74) is -2.67. The summed E-state index contributed by atoms with van der Waals surface area (Å²) in [5, 5.41) is 0. The third-order valence-corrected chi connectivity index (χ3v) is 5.84. The van der Waals surface area contributed by atoms with Crippen molar-refractivity contribution >= 4 is 24.4 Å². The largest absolute Gasteiger partial charge is 0.444 e. The SMILES string of the molecule is C=CCN(CCCN(C/C=C/CN(CCCN(CC=C)C(=O)OC(C)(C)C)C(=O)OC(C)(C)C)C(=O)OC(C)(C)C)C(=O)OC(C)(C)C. The quantitative estimate of drug-likeness (QED) is 0.121. The van der Waals surface area contributed by atoms with Crippen molar-refractivity contribution in [2.24, 2.45) is 0 Å². The molecular formula is C36H64N4O8. The Kier molecular flexibility index (Phi) is 18.4. The zero-order valence-electron chi connectivity index (χ0n) is 31.8. The molecule has 0 aromatic carbocycles. The fourth-order valence-electron chi connectivity index (χ4n) is 3.95. The lowest BCUT2D eigenvalue weighted by molar-refractivity contribution is 0.0206. The van der Waals surface area contributed by atoms with Gasteiger partial charge in [-0.1, -0.05) is 24.3 Å². The van der Waals surface area contributed by atoms with Gasteiger partial charge in [-0.15, -0.1) is 13.2 Å². The molecule has 12 heteroatoms. The lowest BCUT2D eigenvalue weighted by atomic mass is 10.2. The van der Waals surface area contributed by atoms with E-state index in [1.807, 2.05) is 0 Å². The highest BCUT2D eigenvalue weighted by Gasteiger charge is 2.26. The van der Waals surface area contributed by atoms with Gasteiger partial charge in [0.25, 0.3) is 0 Å². The lowest BCUT2D eigenvalue weighted by Crippen LogP contribution is -2.41. The molecule has 0 aromatic heterocycles. The number of carbonyl (C=O) groups is 4. The highest BCUT2D eigenvalue weighted by molar-refractivity contribution is 5.70. The van der Waals surface area contributed by atoms with E-state index in [2.05, 4.69) is 13.2 Å². The molecule has 48 heavy (non-hydrogen) atoms. The van der Waals surface area contributed by atoms with E-state index < -0.39 is 46.8 Å². The molecule has 0 fully saturated rings. The molecule has 0 rings (SSSR count). The Bertz CT molecular complexity index is 994. The summed E-state index contributed by atoms with van der Waals surface area (Å²) in [4.78, 5) is 57.7. The van der Waals surface area contributed by atoms with Crippen LogP contribution >= 0.6 is 0 Å². The van der Waals surface area contributed by atoms with Crippen LogP contribution in [0.25, 0.3) is 0 Å². The second kappa shape index (κ2) is 20.0. The van der Waals surface area contributed by atoms with Crippen LogP contribution in [0.3, 0.4) is 0 Å². The minimum absolute atomic E-state index is 0.219. The van der Waals surface area contributed by atoms with Gasteiger partial charge in [-0.05, 0) is 95.9 Å². The minimum Gasteiger partial charge on any atom is -0.444 e. The summed E-state index contributed by atoms with van der Waals surface area (Å²) in [7, 11) is 0. The Labute approximate surface area is 290 Å². The molecule has 0 unspecified atom stereocenters. The average molecular weight is 681 g/mol. The van der Waals surface area contributed by atoms with E-state index in [0.717, 1.165) is 0 Å². The monoisotopic (exact) mass is 680 g/mol. The topological polar surface area (TPSA) is 118 Å². The third kappa shape index (κ3) is 22.0. The van der Waals surface area contributed by atoms with Crippen LogP contribution in [0.2, 0.25) is 0 Å². The molecular weight excluding hydrogens is 616 g/mol. The maximum atomic E-state index is 13.1. The first-order valence-electron chi connectivity index (χ1n) is 16.7. The first kappa shape index (κ1) is 44.3. The smallest absolute Gasteiger partial charge is 0.410 e. The van der Waals surface area contributed by atoms with Gasteiger partial charge in [0.05, 0.1) is 0 Å². The van der Waals surface area contributed by atoms with Crippen molar-refractivity contribution in [3.8, 4) is 0 Å². The molecule has 0 aliphatic heterocycles.